The minimum absolute atomic E-state index is 0.0990. The van der Waals surface area contributed by atoms with Crippen LogP contribution in [0.2, 0.25) is 0 Å². The molecule has 0 heterocycles. The van der Waals surface area contributed by atoms with Gasteiger partial charge in [0.1, 0.15) is 0 Å². The van der Waals surface area contributed by atoms with Gasteiger partial charge in [-0.3, -0.25) is 19.2 Å². The molecule has 0 atom stereocenters. The van der Waals surface area contributed by atoms with Crippen LogP contribution in [0.4, 0.5) is 0 Å². The fourth-order valence-corrected chi connectivity index (χ4v) is 1.45. The van der Waals surface area contributed by atoms with E-state index >= 15 is 0 Å². The molecule has 0 bridgehead atoms. The summed E-state index contributed by atoms with van der Waals surface area (Å²) in [5.74, 6) is -0.492. The Morgan fingerprint density at radius 1 is 0.870 bits per heavy atom. The van der Waals surface area contributed by atoms with E-state index in [-0.39, 0.29) is 43.5 Å². The zero-order chi connectivity index (χ0) is 17.7. The van der Waals surface area contributed by atoms with Crippen LogP contribution in [0.25, 0.3) is 0 Å². The summed E-state index contributed by atoms with van der Waals surface area (Å²) in [6.45, 7) is 6.77. The summed E-state index contributed by atoms with van der Waals surface area (Å²) in [6, 6.07) is 0. The van der Waals surface area contributed by atoms with E-state index in [0.717, 1.165) is 6.08 Å². The summed E-state index contributed by atoms with van der Waals surface area (Å²) in [5, 5.41) is 7.88. The average Bonchev–Trinajstić information content (AvgIpc) is 2.50. The SMILES string of the molecule is CCC(=O)/C=C/C(=O)NCCC(=O)NCCC(=O)NCC(C)C. The molecule has 0 aromatic heterocycles. The molecule has 0 spiro atoms. The van der Waals surface area contributed by atoms with E-state index in [1.807, 2.05) is 13.8 Å². The second-order valence-corrected chi connectivity index (χ2v) is 5.49. The third-order valence-electron chi connectivity index (χ3n) is 2.80. The van der Waals surface area contributed by atoms with Crippen molar-refractivity contribution in [1.29, 1.82) is 0 Å². The minimum Gasteiger partial charge on any atom is -0.356 e. The van der Waals surface area contributed by atoms with Crippen molar-refractivity contribution >= 4 is 23.5 Å². The van der Waals surface area contributed by atoms with Crippen LogP contribution in [-0.2, 0) is 19.2 Å². The van der Waals surface area contributed by atoms with E-state index in [1.54, 1.807) is 6.92 Å². The molecule has 3 amide bonds. The number of hydrogen-bond donors (Lipinski definition) is 3. The van der Waals surface area contributed by atoms with Gasteiger partial charge < -0.3 is 16.0 Å². The number of carbonyl (C=O) groups is 4. The lowest BCUT2D eigenvalue weighted by atomic mass is 10.2. The van der Waals surface area contributed by atoms with Crippen LogP contribution in [0.3, 0.4) is 0 Å². The first-order chi connectivity index (χ1) is 10.8. The van der Waals surface area contributed by atoms with Crippen molar-refractivity contribution in [2.45, 2.75) is 40.0 Å². The van der Waals surface area contributed by atoms with Crippen molar-refractivity contribution < 1.29 is 19.2 Å². The van der Waals surface area contributed by atoms with E-state index in [1.165, 1.54) is 6.08 Å². The van der Waals surface area contributed by atoms with Gasteiger partial charge in [-0.25, -0.2) is 0 Å². The van der Waals surface area contributed by atoms with E-state index in [2.05, 4.69) is 16.0 Å². The smallest absolute Gasteiger partial charge is 0.244 e. The number of amides is 3. The van der Waals surface area contributed by atoms with Crippen LogP contribution in [0.1, 0.15) is 40.0 Å². The molecular formula is C16H27N3O4. The van der Waals surface area contributed by atoms with Gasteiger partial charge in [0.25, 0.3) is 0 Å². The molecule has 7 nitrogen and oxygen atoms in total. The maximum absolute atomic E-state index is 11.5. The molecular weight excluding hydrogens is 298 g/mol. The maximum Gasteiger partial charge on any atom is 0.244 e. The zero-order valence-electron chi connectivity index (χ0n) is 14.1. The van der Waals surface area contributed by atoms with Gasteiger partial charge in [-0.2, -0.15) is 0 Å². The Kier molecular flexibility index (Phi) is 11.2. The van der Waals surface area contributed by atoms with Crippen molar-refractivity contribution in [2.24, 2.45) is 5.92 Å². The van der Waals surface area contributed by atoms with E-state index in [4.69, 9.17) is 0 Å². The summed E-state index contributed by atoms with van der Waals surface area (Å²) >= 11 is 0. The Morgan fingerprint density at radius 2 is 1.43 bits per heavy atom. The third-order valence-corrected chi connectivity index (χ3v) is 2.80. The Balaban J connectivity index is 3.71. The highest BCUT2D eigenvalue weighted by atomic mass is 16.2. The quantitative estimate of drug-likeness (QED) is 0.475. The summed E-state index contributed by atoms with van der Waals surface area (Å²) in [6.07, 6.45) is 3.06. The van der Waals surface area contributed by atoms with Gasteiger partial charge in [0.2, 0.25) is 17.7 Å². The first-order valence-corrected chi connectivity index (χ1v) is 7.87. The summed E-state index contributed by atoms with van der Waals surface area (Å²) < 4.78 is 0. The van der Waals surface area contributed by atoms with Crippen molar-refractivity contribution in [3.8, 4) is 0 Å². The molecule has 7 heteroatoms. The van der Waals surface area contributed by atoms with E-state index < -0.39 is 5.91 Å². The molecule has 0 aliphatic carbocycles. The van der Waals surface area contributed by atoms with Crippen LogP contribution in [-0.4, -0.2) is 43.1 Å². The molecule has 0 unspecified atom stereocenters. The molecule has 0 rings (SSSR count). The maximum atomic E-state index is 11.5. The topological polar surface area (TPSA) is 104 Å². The Bertz CT molecular complexity index is 445. The molecule has 0 aromatic rings. The minimum atomic E-state index is -0.410. The second kappa shape index (κ2) is 12.4. The second-order valence-electron chi connectivity index (χ2n) is 5.49. The van der Waals surface area contributed by atoms with Gasteiger partial charge in [0, 0.05) is 45.0 Å². The summed E-state index contributed by atoms with van der Waals surface area (Å²) in [5.41, 5.74) is 0. The highest BCUT2D eigenvalue weighted by Crippen LogP contribution is 1.88. The van der Waals surface area contributed by atoms with Gasteiger partial charge in [0.05, 0.1) is 0 Å². The molecule has 0 saturated heterocycles. The largest absolute Gasteiger partial charge is 0.356 e. The van der Waals surface area contributed by atoms with Crippen LogP contribution in [0.15, 0.2) is 12.2 Å². The number of carbonyl (C=O) groups excluding carboxylic acids is 4. The summed E-state index contributed by atoms with van der Waals surface area (Å²) in [4.78, 5) is 45.3. The zero-order valence-corrected chi connectivity index (χ0v) is 14.1. The Labute approximate surface area is 137 Å². The standard InChI is InChI=1S/C16H27N3O4/c1-4-13(20)5-6-14(21)17-9-7-15(22)18-10-8-16(23)19-11-12(2)3/h5-6,12H,4,7-11H2,1-3H3,(H,17,21)(H,18,22)(H,19,23)/b6-5+. The van der Waals surface area contributed by atoms with Crippen LogP contribution in [0.5, 0.6) is 0 Å². The van der Waals surface area contributed by atoms with Crippen molar-refractivity contribution in [3.63, 3.8) is 0 Å². The van der Waals surface area contributed by atoms with Gasteiger partial charge >= 0.3 is 0 Å². The number of ketones is 1. The van der Waals surface area contributed by atoms with Gasteiger partial charge in [-0.05, 0) is 12.0 Å². The monoisotopic (exact) mass is 325 g/mol. The molecule has 0 aliphatic rings. The molecule has 3 N–H and O–H groups in total. The fourth-order valence-electron chi connectivity index (χ4n) is 1.45. The van der Waals surface area contributed by atoms with Gasteiger partial charge in [-0.15, -0.1) is 0 Å². The van der Waals surface area contributed by atoms with Crippen LogP contribution >= 0.6 is 0 Å². The van der Waals surface area contributed by atoms with E-state index in [0.29, 0.717) is 18.9 Å². The molecule has 0 radical (unpaired) electrons. The molecule has 0 fully saturated rings. The van der Waals surface area contributed by atoms with Crippen molar-refractivity contribution in [1.82, 2.24) is 16.0 Å². The lowest BCUT2D eigenvalue weighted by molar-refractivity contribution is -0.122. The predicted octanol–water partition coefficient (Wildman–Crippen LogP) is 0.307. The molecule has 130 valence electrons. The molecule has 0 aliphatic heterocycles. The predicted molar refractivity (Wildman–Crippen MR) is 87.5 cm³/mol. The highest BCUT2D eigenvalue weighted by Gasteiger charge is 2.05. The van der Waals surface area contributed by atoms with Gasteiger partial charge in [0.15, 0.2) is 5.78 Å². The normalized spacial score (nSPS) is 10.6. The molecule has 0 saturated carbocycles. The van der Waals surface area contributed by atoms with E-state index in [9.17, 15) is 19.2 Å². The first-order valence-electron chi connectivity index (χ1n) is 7.87. The lowest BCUT2D eigenvalue weighted by Gasteiger charge is -2.08. The van der Waals surface area contributed by atoms with Crippen LogP contribution < -0.4 is 16.0 Å². The lowest BCUT2D eigenvalue weighted by Crippen LogP contribution is -2.34. The Hall–Kier alpha value is -2.18. The Morgan fingerprint density at radius 3 is 2.00 bits per heavy atom. The van der Waals surface area contributed by atoms with Gasteiger partial charge in [-0.1, -0.05) is 20.8 Å². The number of rotatable bonds is 11. The number of allylic oxidation sites excluding steroid dienone is 1. The summed E-state index contributed by atoms with van der Waals surface area (Å²) in [7, 11) is 0. The first kappa shape index (κ1) is 20.8. The van der Waals surface area contributed by atoms with Crippen molar-refractivity contribution in [2.75, 3.05) is 19.6 Å². The highest BCUT2D eigenvalue weighted by molar-refractivity contribution is 5.97. The molecule has 23 heavy (non-hydrogen) atoms. The average molecular weight is 325 g/mol. The van der Waals surface area contributed by atoms with Crippen LogP contribution in [0, 0.1) is 5.92 Å². The van der Waals surface area contributed by atoms with Crippen molar-refractivity contribution in [3.05, 3.63) is 12.2 Å². The third kappa shape index (κ3) is 13.2. The molecule has 0 aromatic carbocycles. The number of nitrogens with one attached hydrogen (secondary N) is 3. The number of hydrogen-bond acceptors (Lipinski definition) is 4. The fraction of sp³-hybridized carbons (Fsp3) is 0.625.